The molecule has 0 radical (unpaired) electrons. The minimum absolute atomic E-state index is 0.0670. The maximum atomic E-state index is 13.4. The molecule has 1 unspecified atom stereocenters. The predicted molar refractivity (Wildman–Crippen MR) is 62.2 cm³/mol. The zero-order valence-corrected chi connectivity index (χ0v) is 9.91. The minimum atomic E-state index is -2.55. The molecule has 1 aliphatic rings. The maximum absolute atomic E-state index is 13.4. The van der Waals surface area contributed by atoms with E-state index in [1.807, 2.05) is 0 Å². The van der Waals surface area contributed by atoms with E-state index in [-0.39, 0.29) is 18.8 Å². The normalized spacial score (nSPS) is 22.7. The Kier molecular flexibility index (Phi) is 3.52. The van der Waals surface area contributed by atoms with Crippen LogP contribution in [0.4, 0.5) is 18.9 Å². The van der Waals surface area contributed by atoms with Gasteiger partial charge in [0.1, 0.15) is 5.82 Å². The molecule has 1 fully saturated rings. The van der Waals surface area contributed by atoms with Crippen molar-refractivity contribution in [3.8, 4) is 0 Å². The van der Waals surface area contributed by atoms with Gasteiger partial charge in [0.15, 0.2) is 0 Å². The van der Waals surface area contributed by atoms with Crippen LogP contribution in [0.25, 0.3) is 0 Å². The van der Waals surface area contributed by atoms with Crippen molar-refractivity contribution in [3.63, 3.8) is 0 Å². The van der Waals surface area contributed by atoms with Gasteiger partial charge in [0.2, 0.25) is 5.92 Å². The number of alkyl halides is 2. The maximum Gasteiger partial charge on any atom is 0.248 e. The standard InChI is InChI=1S/C12H13ClF3N/c13-9-1-2-11(10(14)5-9)17-7-8-3-4-12(15,16)6-8/h1-2,5,8,17H,3-4,6-7H2. The van der Waals surface area contributed by atoms with Gasteiger partial charge in [0.25, 0.3) is 0 Å². The molecule has 1 saturated carbocycles. The molecule has 0 amide bonds. The van der Waals surface area contributed by atoms with Gasteiger partial charge in [-0.1, -0.05) is 11.6 Å². The molecule has 1 aromatic carbocycles. The second-order valence-electron chi connectivity index (χ2n) is 4.47. The molecular weight excluding hydrogens is 251 g/mol. The van der Waals surface area contributed by atoms with E-state index in [1.54, 1.807) is 6.07 Å². The van der Waals surface area contributed by atoms with Crippen molar-refractivity contribution in [3.05, 3.63) is 29.0 Å². The molecule has 5 heteroatoms. The highest BCUT2D eigenvalue weighted by atomic mass is 35.5. The minimum Gasteiger partial charge on any atom is -0.382 e. The van der Waals surface area contributed by atoms with Crippen LogP contribution in [0.2, 0.25) is 5.02 Å². The molecular formula is C12H13ClF3N. The van der Waals surface area contributed by atoms with Crippen LogP contribution in [0.3, 0.4) is 0 Å². The Morgan fingerprint density at radius 2 is 2.18 bits per heavy atom. The Morgan fingerprint density at radius 1 is 1.41 bits per heavy atom. The van der Waals surface area contributed by atoms with E-state index < -0.39 is 11.7 Å². The second-order valence-corrected chi connectivity index (χ2v) is 4.91. The lowest BCUT2D eigenvalue weighted by Gasteiger charge is -2.13. The summed E-state index contributed by atoms with van der Waals surface area (Å²) in [5.41, 5.74) is 0.310. The molecule has 1 aliphatic carbocycles. The van der Waals surface area contributed by atoms with Gasteiger partial charge >= 0.3 is 0 Å². The van der Waals surface area contributed by atoms with E-state index in [2.05, 4.69) is 5.32 Å². The molecule has 0 saturated heterocycles. The van der Waals surface area contributed by atoms with Crippen LogP contribution in [0, 0.1) is 11.7 Å². The van der Waals surface area contributed by atoms with Crippen molar-refractivity contribution in [2.75, 3.05) is 11.9 Å². The molecule has 1 aromatic rings. The van der Waals surface area contributed by atoms with E-state index >= 15 is 0 Å². The van der Waals surface area contributed by atoms with E-state index in [0.29, 0.717) is 23.7 Å². The Hall–Kier alpha value is -0.900. The van der Waals surface area contributed by atoms with Crippen molar-refractivity contribution < 1.29 is 13.2 Å². The summed E-state index contributed by atoms with van der Waals surface area (Å²) in [5, 5.41) is 3.17. The van der Waals surface area contributed by atoms with E-state index in [0.717, 1.165) is 0 Å². The fourth-order valence-corrected chi connectivity index (χ4v) is 2.26. The van der Waals surface area contributed by atoms with Gasteiger partial charge in [-0.2, -0.15) is 0 Å². The van der Waals surface area contributed by atoms with Gasteiger partial charge in [0.05, 0.1) is 5.69 Å². The highest BCUT2D eigenvalue weighted by Gasteiger charge is 2.39. The number of halogens is 4. The summed E-state index contributed by atoms with van der Waals surface area (Å²) >= 11 is 5.61. The summed E-state index contributed by atoms with van der Waals surface area (Å²) in [6, 6.07) is 4.29. The topological polar surface area (TPSA) is 12.0 Å². The van der Waals surface area contributed by atoms with Crippen LogP contribution >= 0.6 is 11.6 Å². The lowest BCUT2D eigenvalue weighted by Crippen LogP contribution is -2.15. The Labute approximate surface area is 103 Å². The predicted octanol–water partition coefficient (Wildman–Crippen LogP) is 4.33. The average Bonchev–Trinajstić information content (AvgIpc) is 2.57. The van der Waals surface area contributed by atoms with Crippen LogP contribution in [-0.4, -0.2) is 12.5 Å². The fraction of sp³-hybridized carbons (Fsp3) is 0.500. The number of rotatable bonds is 3. The van der Waals surface area contributed by atoms with Crippen molar-refractivity contribution in [1.82, 2.24) is 0 Å². The number of nitrogens with one attached hydrogen (secondary N) is 1. The van der Waals surface area contributed by atoms with Crippen molar-refractivity contribution >= 4 is 17.3 Å². The Bertz CT molecular complexity index is 409. The lowest BCUT2D eigenvalue weighted by molar-refractivity contribution is 0.00556. The van der Waals surface area contributed by atoms with Gasteiger partial charge in [-0.05, 0) is 30.5 Å². The summed E-state index contributed by atoms with van der Waals surface area (Å²) < 4.78 is 39.2. The third-order valence-corrected chi connectivity index (χ3v) is 3.25. The molecule has 1 atom stereocenters. The molecule has 0 aliphatic heterocycles. The molecule has 0 aromatic heterocycles. The summed E-state index contributed by atoms with van der Waals surface area (Å²) in [4.78, 5) is 0. The first-order valence-corrected chi connectivity index (χ1v) is 5.91. The SMILES string of the molecule is Fc1cc(Cl)ccc1NCC1CCC(F)(F)C1. The van der Waals surface area contributed by atoms with Gasteiger partial charge in [-0.3, -0.25) is 0 Å². The van der Waals surface area contributed by atoms with Crippen LogP contribution in [-0.2, 0) is 0 Å². The van der Waals surface area contributed by atoms with Crippen molar-refractivity contribution in [1.29, 1.82) is 0 Å². The molecule has 1 N–H and O–H groups in total. The molecule has 17 heavy (non-hydrogen) atoms. The van der Waals surface area contributed by atoms with Crippen LogP contribution < -0.4 is 5.32 Å². The summed E-state index contributed by atoms with van der Waals surface area (Å²) in [6.45, 7) is 0.369. The highest BCUT2D eigenvalue weighted by molar-refractivity contribution is 6.30. The molecule has 0 heterocycles. The van der Waals surface area contributed by atoms with E-state index in [4.69, 9.17) is 11.6 Å². The second kappa shape index (κ2) is 4.77. The van der Waals surface area contributed by atoms with Gasteiger partial charge < -0.3 is 5.32 Å². The lowest BCUT2D eigenvalue weighted by atomic mass is 10.1. The summed E-state index contributed by atoms with van der Waals surface area (Å²) in [5.74, 6) is -3.10. The number of anilines is 1. The molecule has 0 bridgehead atoms. The summed E-state index contributed by atoms with van der Waals surface area (Å²) in [6.07, 6.45) is 0.298. The third-order valence-electron chi connectivity index (χ3n) is 3.02. The van der Waals surface area contributed by atoms with E-state index in [9.17, 15) is 13.2 Å². The van der Waals surface area contributed by atoms with Crippen LogP contribution in [0.5, 0.6) is 0 Å². The molecule has 2 rings (SSSR count). The monoisotopic (exact) mass is 263 g/mol. The van der Waals surface area contributed by atoms with Crippen molar-refractivity contribution in [2.45, 2.75) is 25.2 Å². The fourth-order valence-electron chi connectivity index (χ4n) is 2.10. The first-order chi connectivity index (χ1) is 7.96. The number of hydrogen-bond acceptors (Lipinski definition) is 1. The number of benzene rings is 1. The molecule has 1 nitrogen and oxygen atoms in total. The molecule has 0 spiro atoms. The average molecular weight is 264 g/mol. The first kappa shape index (κ1) is 12.6. The number of hydrogen-bond donors (Lipinski definition) is 1. The van der Waals surface area contributed by atoms with Gasteiger partial charge in [-0.25, -0.2) is 13.2 Å². The highest BCUT2D eigenvalue weighted by Crippen LogP contribution is 2.38. The van der Waals surface area contributed by atoms with Crippen LogP contribution in [0.1, 0.15) is 19.3 Å². The zero-order chi connectivity index (χ0) is 12.5. The van der Waals surface area contributed by atoms with Gasteiger partial charge in [0, 0.05) is 24.4 Å². The Balaban J connectivity index is 1.90. The van der Waals surface area contributed by atoms with Crippen molar-refractivity contribution in [2.24, 2.45) is 5.92 Å². The van der Waals surface area contributed by atoms with Gasteiger partial charge in [-0.15, -0.1) is 0 Å². The molecule has 94 valence electrons. The smallest absolute Gasteiger partial charge is 0.248 e. The van der Waals surface area contributed by atoms with E-state index in [1.165, 1.54) is 12.1 Å². The zero-order valence-electron chi connectivity index (χ0n) is 9.15. The van der Waals surface area contributed by atoms with Crippen LogP contribution in [0.15, 0.2) is 18.2 Å². The largest absolute Gasteiger partial charge is 0.382 e. The first-order valence-electron chi connectivity index (χ1n) is 5.53. The summed E-state index contributed by atoms with van der Waals surface area (Å²) in [7, 11) is 0. The third kappa shape index (κ3) is 3.28. The quantitative estimate of drug-likeness (QED) is 0.856. The Morgan fingerprint density at radius 3 is 2.76 bits per heavy atom.